The number of rotatable bonds is 4. The molecule has 1 aliphatic heterocycles. The summed E-state index contributed by atoms with van der Waals surface area (Å²) in [4.78, 5) is 11.3. The molecule has 1 spiro atoms. The number of ether oxygens (including phenoxy) is 1. The fourth-order valence-corrected chi connectivity index (χ4v) is 3.97. The molecule has 0 radical (unpaired) electrons. The van der Waals surface area contributed by atoms with Crippen LogP contribution >= 0.6 is 0 Å². The van der Waals surface area contributed by atoms with Crippen molar-refractivity contribution in [1.29, 1.82) is 0 Å². The summed E-state index contributed by atoms with van der Waals surface area (Å²) >= 11 is 0. The van der Waals surface area contributed by atoms with Crippen molar-refractivity contribution in [2.45, 2.75) is 75.5 Å². The van der Waals surface area contributed by atoms with E-state index < -0.39 is 5.97 Å². The second-order valence-corrected chi connectivity index (χ2v) is 6.75. The van der Waals surface area contributed by atoms with Crippen LogP contribution in [0.2, 0.25) is 0 Å². The van der Waals surface area contributed by atoms with Crippen LogP contribution in [0.3, 0.4) is 0 Å². The molecule has 4 rings (SSSR count). The van der Waals surface area contributed by atoms with Crippen molar-refractivity contribution in [3.63, 3.8) is 0 Å². The van der Waals surface area contributed by atoms with Gasteiger partial charge in [-0.3, -0.25) is 0 Å². The third-order valence-corrected chi connectivity index (χ3v) is 5.17. The number of carbonyl (C=O) groups is 1. The molecular weight excluding hydrogens is 270 g/mol. The SMILES string of the molecule is O=C(O)c1nnn(CC2CCC3(CCCC3)O2)c1C1CC1. The standard InChI is InChI=1S/C15H21N3O3/c19-14(20)12-13(10-3-4-10)18(17-16-12)9-11-5-8-15(21-11)6-1-2-7-15/h10-11H,1-9H2,(H,19,20). The first-order chi connectivity index (χ1) is 10.2. The van der Waals surface area contributed by atoms with Crippen molar-refractivity contribution in [2.75, 3.05) is 0 Å². The van der Waals surface area contributed by atoms with Crippen LogP contribution < -0.4 is 0 Å². The summed E-state index contributed by atoms with van der Waals surface area (Å²) in [5, 5.41) is 17.2. The highest BCUT2D eigenvalue weighted by atomic mass is 16.5. The number of carboxylic acid groups (broad SMARTS) is 1. The molecule has 2 aliphatic carbocycles. The normalized spacial score (nSPS) is 27.5. The molecule has 3 fully saturated rings. The molecule has 0 aromatic carbocycles. The second-order valence-electron chi connectivity index (χ2n) is 6.75. The fraction of sp³-hybridized carbons (Fsp3) is 0.800. The zero-order valence-electron chi connectivity index (χ0n) is 12.1. The summed E-state index contributed by atoms with van der Waals surface area (Å²) < 4.78 is 8.09. The predicted octanol–water partition coefficient (Wildman–Crippen LogP) is 2.35. The van der Waals surface area contributed by atoms with E-state index in [0.717, 1.165) is 31.4 Å². The molecule has 0 bridgehead atoms. The lowest BCUT2D eigenvalue weighted by molar-refractivity contribution is -0.0433. The Labute approximate surface area is 123 Å². The number of aromatic carboxylic acids is 1. The summed E-state index contributed by atoms with van der Waals surface area (Å²) in [6, 6.07) is 0. The van der Waals surface area contributed by atoms with E-state index in [1.165, 1.54) is 25.7 Å². The van der Waals surface area contributed by atoms with Crippen molar-refractivity contribution in [3.05, 3.63) is 11.4 Å². The molecule has 114 valence electrons. The van der Waals surface area contributed by atoms with Gasteiger partial charge in [0.2, 0.25) is 0 Å². The average molecular weight is 291 g/mol. The molecule has 1 aromatic rings. The molecule has 2 saturated carbocycles. The Morgan fingerprint density at radius 3 is 2.71 bits per heavy atom. The van der Waals surface area contributed by atoms with Crippen LogP contribution in [0.25, 0.3) is 0 Å². The van der Waals surface area contributed by atoms with E-state index in [-0.39, 0.29) is 17.4 Å². The van der Waals surface area contributed by atoms with Crippen LogP contribution in [0.1, 0.15) is 73.5 Å². The van der Waals surface area contributed by atoms with Crippen molar-refractivity contribution in [1.82, 2.24) is 15.0 Å². The summed E-state index contributed by atoms with van der Waals surface area (Å²) in [5.41, 5.74) is 1.05. The van der Waals surface area contributed by atoms with Gasteiger partial charge in [-0.15, -0.1) is 5.10 Å². The van der Waals surface area contributed by atoms with Gasteiger partial charge in [-0.25, -0.2) is 9.48 Å². The van der Waals surface area contributed by atoms with Gasteiger partial charge < -0.3 is 9.84 Å². The van der Waals surface area contributed by atoms with Crippen LogP contribution in [-0.2, 0) is 11.3 Å². The Morgan fingerprint density at radius 2 is 2.05 bits per heavy atom. The molecule has 1 N–H and O–H groups in total. The first kappa shape index (κ1) is 13.2. The number of hydrogen-bond donors (Lipinski definition) is 1. The molecule has 6 nitrogen and oxygen atoms in total. The molecule has 1 saturated heterocycles. The lowest BCUT2D eigenvalue weighted by Gasteiger charge is -2.24. The zero-order valence-corrected chi connectivity index (χ0v) is 12.1. The van der Waals surface area contributed by atoms with Gasteiger partial charge in [0, 0.05) is 5.92 Å². The molecule has 2 heterocycles. The van der Waals surface area contributed by atoms with Crippen LogP contribution in [0.4, 0.5) is 0 Å². The molecule has 1 aromatic heterocycles. The van der Waals surface area contributed by atoms with Gasteiger partial charge in [-0.05, 0) is 38.5 Å². The van der Waals surface area contributed by atoms with Gasteiger partial charge in [0.25, 0.3) is 0 Å². The third kappa shape index (κ3) is 2.35. The maximum Gasteiger partial charge on any atom is 0.358 e. The van der Waals surface area contributed by atoms with Crippen LogP contribution in [0.15, 0.2) is 0 Å². The van der Waals surface area contributed by atoms with E-state index in [1.807, 2.05) is 0 Å². The average Bonchev–Trinajstić information content (AvgIpc) is 2.88. The van der Waals surface area contributed by atoms with Gasteiger partial charge in [0.1, 0.15) is 0 Å². The van der Waals surface area contributed by atoms with Crippen LogP contribution in [0, 0.1) is 0 Å². The maximum absolute atomic E-state index is 11.3. The summed E-state index contributed by atoms with van der Waals surface area (Å²) in [5.74, 6) is -0.643. The highest BCUT2D eigenvalue weighted by Gasteiger charge is 2.43. The van der Waals surface area contributed by atoms with Gasteiger partial charge in [0.05, 0.1) is 23.9 Å². The Hall–Kier alpha value is -1.43. The topological polar surface area (TPSA) is 77.2 Å². The van der Waals surface area contributed by atoms with Crippen LogP contribution in [0.5, 0.6) is 0 Å². The largest absolute Gasteiger partial charge is 0.476 e. The van der Waals surface area contributed by atoms with Gasteiger partial charge in [-0.1, -0.05) is 18.1 Å². The monoisotopic (exact) mass is 291 g/mol. The number of carboxylic acids is 1. The fourth-order valence-electron chi connectivity index (χ4n) is 3.97. The Balaban J connectivity index is 1.51. The lowest BCUT2D eigenvalue weighted by atomic mass is 9.98. The van der Waals surface area contributed by atoms with Crippen LogP contribution in [-0.4, -0.2) is 37.8 Å². The van der Waals surface area contributed by atoms with E-state index in [4.69, 9.17) is 4.74 Å². The molecular formula is C15H21N3O3. The minimum absolute atomic E-state index is 0.112. The van der Waals surface area contributed by atoms with E-state index in [1.54, 1.807) is 4.68 Å². The molecule has 1 unspecified atom stereocenters. The highest BCUT2D eigenvalue weighted by Crippen LogP contribution is 2.45. The van der Waals surface area contributed by atoms with Gasteiger partial charge in [0.15, 0.2) is 5.69 Å². The lowest BCUT2D eigenvalue weighted by Crippen LogP contribution is -2.27. The van der Waals surface area contributed by atoms with Crippen molar-refractivity contribution in [2.24, 2.45) is 0 Å². The number of hydrogen-bond acceptors (Lipinski definition) is 4. The highest BCUT2D eigenvalue weighted by molar-refractivity contribution is 5.86. The Bertz CT molecular complexity index is 559. The van der Waals surface area contributed by atoms with Crippen molar-refractivity contribution < 1.29 is 14.6 Å². The Morgan fingerprint density at radius 1 is 1.29 bits per heavy atom. The van der Waals surface area contributed by atoms with Crippen molar-refractivity contribution >= 4 is 5.97 Å². The van der Waals surface area contributed by atoms with E-state index in [0.29, 0.717) is 12.5 Å². The Kier molecular flexibility index (Phi) is 3.03. The quantitative estimate of drug-likeness (QED) is 0.921. The molecule has 21 heavy (non-hydrogen) atoms. The minimum atomic E-state index is -0.970. The number of nitrogens with zero attached hydrogens (tertiary/aromatic N) is 3. The first-order valence-electron chi connectivity index (χ1n) is 8.01. The summed E-state index contributed by atoms with van der Waals surface area (Å²) in [6.07, 6.45) is 9.33. The number of aromatic nitrogens is 3. The summed E-state index contributed by atoms with van der Waals surface area (Å²) in [7, 11) is 0. The van der Waals surface area contributed by atoms with Crippen molar-refractivity contribution in [3.8, 4) is 0 Å². The summed E-state index contributed by atoms with van der Waals surface area (Å²) in [6.45, 7) is 0.647. The second kappa shape index (κ2) is 4.80. The predicted molar refractivity (Wildman–Crippen MR) is 74.3 cm³/mol. The van der Waals surface area contributed by atoms with E-state index >= 15 is 0 Å². The molecule has 3 aliphatic rings. The molecule has 1 atom stereocenters. The van der Waals surface area contributed by atoms with E-state index in [2.05, 4.69) is 10.3 Å². The minimum Gasteiger partial charge on any atom is -0.476 e. The molecule has 6 heteroatoms. The maximum atomic E-state index is 11.3. The van der Waals surface area contributed by atoms with Gasteiger partial charge >= 0.3 is 5.97 Å². The molecule has 0 amide bonds. The van der Waals surface area contributed by atoms with Gasteiger partial charge in [-0.2, -0.15) is 0 Å². The smallest absolute Gasteiger partial charge is 0.358 e. The zero-order chi connectivity index (χ0) is 14.4. The first-order valence-corrected chi connectivity index (χ1v) is 8.01. The van der Waals surface area contributed by atoms with E-state index in [9.17, 15) is 9.90 Å². The third-order valence-electron chi connectivity index (χ3n) is 5.17.